The zero-order valence-electron chi connectivity index (χ0n) is 14.1. The van der Waals surface area contributed by atoms with E-state index in [1.54, 1.807) is 27.6 Å². The van der Waals surface area contributed by atoms with Crippen LogP contribution in [-0.4, -0.2) is 74.8 Å². The summed E-state index contributed by atoms with van der Waals surface area (Å²) in [6, 6.07) is 1.27. The van der Waals surface area contributed by atoms with Crippen LogP contribution >= 0.6 is 0 Å². The highest BCUT2D eigenvalue weighted by Gasteiger charge is 2.47. The lowest BCUT2D eigenvalue weighted by molar-refractivity contribution is 0.00292. The maximum atomic E-state index is 13.6. The van der Waals surface area contributed by atoms with Gasteiger partial charge in [0.15, 0.2) is 0 Å². The Labute approximate surface area is 140 Å². The molecule has 134 valence electrons. The number of rotatable bonds is 3. The summed E-state index contributed by atoms with van der Waals surface area (Å²) in [7, 11) is 1.74. The Hall–Kier alpha value is -1.54. The Morgan fingerprint density at radius 2 is 2.08 bits per heavy atom. The van der Waals surface area contributed by atoms with E-state index in [2.05, 4.69) is 5.10 Å². The van der Waals surface area contributed by atoms with Gasteiger partial charge in [-0.2, -0.15) is 5.10 Å². The molecule has 1 aromatic heterocycles. The van der Waals surface area contributed by atoms with Crippen LogP contribution in [-0.2, 0) is 7.05 Å². The van der Waals surface area contributed by atoms with Gasteiger partial charge in [-0.15, -0.1) is 0 Å². The van der Waals surface area contributed by atoms with Gasteiger partial charge in [-0.05, 0) is 25.8 Å². The normalized spacial score (nSPS) is 25.4. The summed E-state index contributed by atoms with van der Waals surface area (Å²) in [5, 5.41) is 13.6. The second kappa shape index (κ2) is 6.40. The van der Waals surface area contributed by atoms with Gasteiger partial charge in [0.2, 0.25) is 0 Å². The lowest BCUT2D eigenvalue weighted by atomic mass is 10.0. The first kappa shape index (κ1) is 17.3. The van der Waals surface area contributed by atoms with E-state index in [9.17, 15) is 18.7 Å². The first-order valence-electron chi connectivity index (χ1n) is 8.35. The van der Waals surface area contributed by atoms with Crippen LogP contribution < -0.4 is 0 Å². The van der Waals surface area contributed by atoms with Gasteiger partial charge in [0.25, 0.3) is 11.8 Å². The third-order valence-corrected chi connectivity index (χ3v) is 5.07. The van der Waals surface area contributed by atoms with E-state index >= 15 is 0 Å². The predicted octanol–water partition coefficient (Wildman–Crippen LogP) is 1.04. The van der Waals surface area contributed by atoms with Crippen LogP contribution in [0.25, 0.3) is 0 Å². The molecule has 3 heterocycles. The molecule has 0 saturated carbocycles. The zero-order chi connectivity index (χ0) is 17.5. The summed E-state index contributed by atoms with van der Waals surface area (Å²) in [6.07, 6.45) is 1.02. The van der Waals surface area contributed by atoms with Crippen molar-refractivity contribution in [3.05, 3.63) is 17.5 Å². The second-order valence-electron chi connectivity index (χ2n) is 6.89. The van der Waals surface area contributed by atoms with Crippen LogP contribution in [0.4, 0.5) is 8.78 Å². The molecule has 0 spiro atoms. The Morgan fingerprint density at radius 1 is 1.42 bits per heavy atom. The molecule has 2 fully saturated rings. The number of likely N-dealkylation sites (tertiary alicyclic amines) is 2. The van der Waals surface area contributed by atoms with Crippen molar-refractivity contribution < 1.29 is 18.7 Å². The first-order valence-corrected chi connectivity index (χ1v) is 8.35. The number of aryl methyl sites for hydroxylation is 2. The molecule has 0 bridgehead atoms. The van der Waals surface area contributed by atoms with Gasteiger partial charge in [0.1, 0.15) is 5.69 Å². The van der Waals surface area contributed by atoms with E-state index < -0.39 is 12.0 Å². The topological polar surface area (TPSA) is 61.6 Å². The largest absolute Gasteiger partial charge is 0.395 e. The average molecular weight is 342 g/mol. The van der Waals surface area contributed by atoms with E-state index in [4.69, 9.17) is 0 Å². The van der Waals surface area contributed by atoms with Crippen molar-refractivity contribution in [1.82, 2.24) is 19.6 Å². The Morgan fingerprint density at radius 3 is 2.62 bits per heavy atom. The molecule has 2 aliphatic rings. The molecule has 0 unspecified atom stereocenters. The van der Waals surface area contributed by atoms with E-state index in [1.807, 2.05) is 6.92 Å². The minimum atomic E-state index is -2.73. The molecule has 1 N–H and O–H groups in total. The maximum absolute atomic E-state index is 13.6. The third-order valence-electron chi connectivity index (χ3n) is 5.07. The first-order chi connectivity index (χ1) is 11.3. The number of halogens is 2. The van der Waals surface area contributed by atoms with Crippen LogP contribution in [0.2, 0.25) is 0 Å². The van der Waals surface area contributed by atoms with Gasteiger partial charge in [-0.3, -0.25) is 14.4 Å². The van der Waals surface area contributed by atoms with Gasteiger partial charge >= 0.3 is 0 Å². The number of hydrogen-bond donors (Lipinski definition) is 1. The van der Waals surface area contributed by atoms with Crippen molar-refractivity contribution in [2.45, 2.75) is 44.2 Å². The van der Waals surface area contributed by atoms with Crippen molar-refractivity contribution >= 4 is 5.91 Å². The summed E-state index contributed by atoms with van der Waals surface area (Å²) in [5.74, 6) is -2.80. The molecule has 24 heavy (non-hydrogen) atoms. The van der Waals surface area contributed by atoms with E-state index in [0.717, 1.165) is 5.69 Å². The number of carbonyl (C=O) groups excluding carboxylic acids is 1. The van der Waals surface area contributed by atoms with E-state index in [-0.39, 0.29) is 31.5 Å². The number of piperidine rings is 1. The fourth-order valence-corrected chi connectivity index (χ4v) is 3.89. The minimum Gasteiger partial charge on any atom is -0.395 e. The highest BCUT2D eigenvalue weighted by Crippen LogP contribution is 2.35. The highest BCUT2D eigenvalue weighted by molar-refractivity contribution is 5.92. The SMILES string of the molecule is Cc1cc(C(=O)N2CCC(N3CC(F)(F)C[C@H]3CO)CC2)n(C)n1. The summed E-state index contributed by atoms with van der Waals surface area (Å²) in [5.41, 5.74) is 1.34. The average Bonchev–Trinajstić information content (AvgIpc) is 3.04. The Balaban J connectivity index is 1.62. The summed E-state index contributed by atoms with van der Waals surface area (Å²) >= 11 is 0. The molecule has 0 radical (unpaired) electrons. The third kappa shape index (κ3) is 3.30. The molecular formula is C16H24F2N4O2. The molecule has 8 heteroatoms. The van der Waals surface area contributed by atoms with Crippen molar-refractivity contribution in [3.63, 3.8) is 0 Å². The monoisotopic (exact) mass is 342 g/mol. The molecule has 1 atom stereocenters. The number of aliphatic hydroxyl groups is 1. The molecule has 0 aliphatic carbocycles. The number of amides is 1. The van der Waals surface area contributed by atoms with Crippen molar-refractivity contribution in [2.75, 3.05) is 26.2 Å². The predicted molar refractivity (Wildman–Crippen MR) is 84.0 cm³/mol. The number of aromatic nitrogens is 2. The minimum absolute atomic E-state index is 0.00662. The van der Waals surface area contributed by atoms with Gasteiger partial charge in [-0.25, -0.2) is 8.78 Å². The van der Waals surface area contributed by atoms with Gasteiger partial charge in [0, 0.05) is 38.6 Å². The van der Waals surface area contributed by atoms with Crippen molar-refractivity contribution in [3.8, 4) is 0 Å². The smallest absolute Gasteiger partial charge is 0.272 e. The highest BCUT2D eigenvalue weighted by atomic mass is 19.3. The van der Waals surface area contributed by atoms with Crippen molar-refractivity contribution in [2.24, 2.45) is 7.05 Å². The van der Waals surface area contributed by atoms with Crippen LogP contribution in [0, 0.1) is 6.92 Å². The van der Waals surface area contributed by atoms with Crippen molar-refractivity contribution in [1.29, 1.82) is 0 Å². The van der Waals surface area contributed by atoms with E-state index in [1.165, 1.54) is 0 Å². The number of alkyl halides is 2. The van der Waals surface area contributed by atoms with Crippen LogP contribution in [0.1, 0.15) is 35.4 Å². The maximum Gasteiger partial charge on any atom is 0.272 e. The molecule has 2 aliphatic heterocycles. The molecule has 6 nitrogen and oxygen atoms in total. The number of hydrogen-bond acceptors (Lipinski definition) is 4. The molecule has 2 saturated heterocycles. The zero-order valence-corrected chi connectivity index (χ0v) is 14.1. The number of carbonyl (C=O) groups is 1. The number of nitrogens with zero attached hydrogens (tertiary/aromatic N) is 4. The molecule has 0 aromatic carbocycles. The van der Waals surface area contributed by atoms with Gasteiger partial charge in [0.05, 0.1) is 18.8 Å². The van der Waals surface area contributed by atoms with Crippen LogP contribution in [0.3, 0.4) is 0 Å². The molecule has 1 aromatic rings. The summed E-state index contributed by atoms with van der Waals surface area (Å²) in [4.78, 5) is 16.1. The number of aliphatic hydroxyl groups excluding tert-OH is 1. The quantitative estimate of drug-likeness (QED) is 0.891. The lowest BCUT2D eigenvalue weighted by Gasteiger charge is -2.38. The standard InChI is InChI=1S/C16H24F2N4O2/c1-11-7-14(20(2)19-11)15(24)21-5-3-12(4-6-21)22-10-16(17,18)8-13(22)9-23/h7,12-13,23H,3-6,8-10H2,1-2H3/t13-/m0/s1. The fraction of sp³-hybridized carbons (Fsp3) is 0.750. The Kier molecular flexibility index (Phi) is 4.61. The van der Waals surface area contributed by atoms with Gasteiger partial charge < -0.3 is 10.0 Å². The summed E-state index contributed by atoms with van der Waals surface area (Å²) < 4.78 is 28.8. The van der Waals surface area contributed by atoms with Crippen LogP contribution in [0.5, 0.6) is 0 Å². The summed E-state index contributed by atoms with van der Waals surface area (Å²) in [6.45, 7) is 2.37. The van der Waals surface area contributed by atoms with Crippen LogP contribution in [0.15, 0.2) is 6.07 Å². The fourth-order valence-electron chi connectivity index (χ4n) is 3.89. The molecular weight excluding hydrogens is 318 g/mol. The lowest BCUT2D eigenvalue weighted by Crippen LogP contribution is -2.49. The van der Waals surface area contributed by atoms with Gasteiger partial charge in [-0.1, -0.05) is 0 Å². The molecule has 3 rings (SSSR count). The Bertz CT molecular complexity index is 611. The second-order valence-corrected chi connectivity index (χ2v) is 6.89. The molecule has 1 amide bonds. The van der Waals surface area contributed by atoms with E-state index in [0.29, 0.717) is 31.6 Å².